The number of fused-ring (bicyclic) bond motifs is 1. The van der Waals surface area contributed by atoms with Gasteiger partial charge < -0.3 is 15.4 Å². The highest BCUT2D eigenvalue weighted by atomic mass is 16.5. The minimum atomic E-state index is -0.729. The van der Waals surface area contributed by atoms with Crippen LogP contribution in [0.1, 0.15) is 31.1 Å². The van der Waals surface area contributed by atoms with E-state index in [0.717, 1.165) is 10.8 Å². The van der Waals surface area contributed by atoms with Crippen LogP contribution in [0.2, 0.25) is 0 Å². The first-order valence-electron chi connectivity index (χ1n) is 9.78. The summed E-state index contributed by atoms with van der Waals surface area (Å²) in [6, 6.07) is 20.6. The van der Waals surface area contributed by atoms with Crippen molar-refractivity contribution < 1.29 is 14.3 Å². The number of hydrogen-bond donors (Lipinski definition) is 2. The molecule has 0 bridgehead atoms. The third-order valence-corrected chi connectivity index (χ3v) is 4.52. The third-order valence-electron chi connectivity index (χ3n) is 4.52. The van der Waals surface area contributed by atoms with Crippen molar-refractivity contribution in [2.24, 2.45) is 5.92 Å². The number of ether oxygens (including phenoxy) is 1. The van der Waals surface area contributed by atoms with E-state index in [1.54, 1.807) is 31.2 Å². The Hall–Kier alpha value is -3.34. The van der Waals surface area contributed by atoms with Gasteiger partial charge in [0.2, 0.25) is 0 Å². The maximum absolute atomic E-state index is 12.7. The van der Waals surface area contributed by atoms with Gasteiger partial charge in [0.05, 0.1) is 11.3 Å². The summed E-state index contributed by atoms with van der Waals surface area (Å²) >= 11 is 0. The Kier molecular flexibility index (Phi) is 6.50. The molecular weight excluding hydrogens is 364 g/mol. The zero-order chi connectivity index (χ0) is 20.8. The van der Waals surface area contributed by atoms with Crippen LogP contribution in [0.25, 0.3) is 10.8 Å². The summed E-state index contributed by atoms with van der Waals surface area (Å²) in [5.41, 5.74) is 0.894. The van der Waals surface area contributed by atoms with Gasteiger partial charge in [0.15, 0.2) is 6.10 Å². The molecule has 5 nitrogen and oxygen atoms in total. The molecule has 0 aromatic heterocycles. The van der Waals surface area contributed by atoms with Crippen LogP contribution in [0.4, 0.5) is 5.69 Å². The van der Waals surface area contributed by atoms with Gasteiger partial charge in [-0.3, -0.25) is 9.59 Å². The molecule has 0 aliphatic carbocycles. The van der Waals surface area contributed by atoms with E-state index in [1.165, 1.54) is 0 Å². The summed E-state index contributed by atoms with van der Waals surface area (Å²) in [4.78, 5) is 25.2. The summed E-state index contributed by atoms with van der Waals surface area (Å²) in [5.74, 6) is 0.461. The van der Waals surface area contributed by atoms with E-state index in [1.807, 2.05) is 56.3 Å². The van der Waals surface area contributed by atoms with E-state index in [9.17, 15) is 9.59 Å². The molecule has 1 atom stereocenters. The quantitative estimate of drug-likeness (QED) is 0.618. The van der Waals surface area contributed by atoms with Crippen molar-refractivity contribution in [3.05, 3.63) is 72.3 Å². The molecule has 0 aliphatic heterocycles. The number of para-hydroxylation sites is 1. The van der Waals surface area contributed by atoms with Crippen molar-refractivity contribution in [1.29, 1.82) is 0 Å². The van der Waals surface area contributed by atoms with Crippen LogP contribution in [-0.2, 0) is 4.79 Å². The van der Waals surface area contributed by atoms with E-state index in [0.29, 0.717) is 29.5 Å². The van der Waals surface area contributed by atoms with Crippen LogP contribution in [0, 0.1) is 5.92 Å². The molecule has 2 N–H and O–H groups in total. The zero-order valence-electron chi connectivity index (χ0n) is 16.9. The van der Waals surface area contributed by atoms with Gasteiger partial charge in [0, 0.05) is 11.9 Å². The number of carbonyl (C=O) groups is 2. The van der Waals surface area contributed by atoms with Crippen LogP contribution in [-0.4, -0.2) is 24.5 Å². The second-order valence-electron chi connectivity index (χ2n) is 7.38. The average molecular weight is 390 g/mol. The van der Waals surface area contributed by atoms with Gasteiger partial charge in [-0.1, -0.05) is 62.4 Å². The summed E-state index contributed by atoms with van der Waals surface area (Å²) in [6.45, 7) is 6.32. The molecule has 2 amide bonds. The monoisotopic (exact) mass is 390 g/mol. The molecule has 3 aromatic rings. The molecule has 5 heteroatoms. The van der Waals surface area contributed by atoms with Crippen LogP contribution >= 0.6 is 0 Å². The topological polar surface area (TPSA) is 67.4 Å². The fourth-order valence-corrected chi connectivity index (χ4v) is 2.96. The summed E-state index contributed by atoms with van der Waals surface area (Å²) < 4.78 is 5.93. The van der Waals surface area contributed by atoms with Gasteiger partial charge in [-0.05, 0) is 36.4 Å². The fraction of sp³-hybridized carbons (Fsp3) is 0.250. The molecule has 0 radical (unpaired) electrons. The smallest absolute Gasteiger partial charge is 0.265 e. The minimum absolute atomic E-state index is 0.211. The number of hydrogen-bond acceptors (Lipinski definition) is 3. The van der Waals surface area contributed by atoms with Crippen molar-refractivity contribution in [2.75, 3.05) is 11.9 Å². The molecule has 0 saturated heterocycles. The van der Waals surface area contributed by atoms with Crippen molar-refractivity contribution in [3.63, 3.8) is 0 Å². The van der Waals surface area contributed by atoms with E-state index >= 15 is 0 Å². The number of anilines is 1. The molecule has 0 aliphatic rings. The molecule has 0 spiro atoms. The SMILES string of the molecule is CC(C)CNC(=O)c1ccccc1NC(=O)[C@H](C)Oc1cccc2ccccc12. The Morgan fingerprint density at radius 3 is 2.38 bits per heavy atom. The molecule has 0 heterocycles. The van der Waals surface area contributed by atoms with Crippen molar-refractivity contribution in [2.45, 2.75) is 26.9 Å². The minimum Gasteiger partial charge on any atom is -0.480 e. The lowest BCUT2D eigenvalue weighted by Crippen LogP contribution is -2.32. The number of amides is 2. The lowest BCUT2D eigenvalue weighted by molar-refractivity contribution is -0.122. The highest BCUT2D eigenvalue weighted by molar-refractivity contribution is 6.04. The standard InChI is InChI=1S/C24H26N2O3/c1-16(2)15-25-24(28)20-12-6-7-13-21(20)26-23(27)17(3)29-22-14-8-10-18-9-4-5-11-19(18)22/h4-14,16-17H,15H2,1-3H3,(H,25,28)(H,26,27)/t17-/m0/s1. The molecule has 29 heavy (non-hydrogen) atoms. The van der Waals surface area contributed by atoms with Crippen LogP contribution in [0.15, 0.2) is 66.7 Å². The molecule has 0 fully saturated rings. The van der Waals surface area contributed by atoms with Crippen LogP contribution in [0.5, 0.6) is 5.75 Å². The molecule has 0 saturated carbocycles. The first-order valence-corrected chi connectivity index (χ1v) is 9.78. The Labute approximate surface area is 171 Å². The molecule has 3 rings (SSSR count). The predicted octanol–water partition coefficient (Wildman–Crippen LogP) is 4.63. The lowest BCUT2D eigenvalue weighted by atomic mass is 10.1. The van der Waals surface area contributed by atoms with Gasteiger partial charge >= 0.3 is 0 Å². The number of benzene rings is 3. The van der Waals surface area contributed by atoms with Crippen LogP contribution < -0.4 is 15.4 Å². The fourth-order valence-electron chi connectivity index (χ4n) is 2.96. The Bertz CT molecular complexity index is 1010. The van der Waals surface area contributed by atoms with Gasteiger partial charge in [0.1, 0.15) is 5.75 Å². The average Bonchev–Trinajstić information content (AvgIpc) is 2.72. The second kappa shape index (κ2) is 9.24. The van der Waals surface area contributed by atoms with E-state index in [2.05, 4.69) is 10.6 Å². The molecular formula is C24H26N2O3. The highest BCUT2D eigenvalue weighted by Crippen LogP contribution is 2.26. The normalized spacial score (nSPS) is 11.9. The van der Waals surface area contributed by atoms with Gasteiger partial charge in [-0.2, -0.15) is 0 Å². The van der Waals surface area contributed by atoms with Gasteiger partial charge in [0.25, 0.3) is 11.8 Å². The maximum atomic E-state index is 12.7. The van der Waals surface area contributed by atoms with E-state index < -0.39 is 6.10 Å². The van der Waals surface area contributed by atoms with Crippen molar-refractivity contribution >= 4 is 28.3 Å². The van der Waals surface area contributed by atoms with Crippen molar-refractivity contribution in [3.8, 4) is 5.75 Å². The Balaban J connectivity index is 1.72. The molecule has 3 aromatic carbocycles. The van der Waals surface area contributed by atoms with E-state index in [-0.39, 0.29) is 11.8 Å². The number of carbonyl (C=O) groups excluding carboxylic acids is 2. The van der Waals surface area contributed by atoms with Crippen LogP contribution in [0.3, 0.4) is 0 Å². The summed E-state index contributed by atoms with van der Waals surface area (Å²) in [5, 5.41) is 7.70. The second-order valence-corrected chi connectivity index (χ2v) is 7.38. The van der Waals surface area contributed by atoms with Crippen molar-refractivity contribution in [1.82, 2.24) is 5.32 Å². The largest absolute Gasteiger partial charge is 0.480 e. The Morgan fingerprint density at radius 1 is 0.897 bits per heavy atom. The van der Waals surface area contributed by atoms with E-state index in [4.69, 9.17) is 4.74 Å². The highest BCUT2D eigenvalue weighted by Gasteiger charge is 2.19. The molecule has 0 unspecified atom stereocenters. The Morgan fingerprint density at radius 2 is 1.59 bits per heavy atom. The maximum Gasteiger partial charge on any atom is 0.265 e. The first kappa shape index (κ1) is 20.4. The summed E-state index contributed by atoms with van der Waals surface area (Å²) in [6.07, 6.45) is -0.729. The lowest BCUT2D eigenvalue weighted by Gasteiger charge is -2.17. The van der Waals surface area contributed by atoms with Gasteiger partial charge in [-0.15, -0.1) is 0 Å². The summed E-state index contributed by atoms with van der Waals surface area (Å²) in [7, 11) is 0. The van der Waals surface area contributed by atoms with Gasteiger partial charge in [-0.25, -0.2) is 0 Å². The molecule has 150 valence electrons. The predicted molar refractivity (Wildman–Crippen MR) is 116 cm³/mol. The zero-order valence-corrected chi connectivity index (χ0v) is 16.9. The third kappa shape index (κ3) is 5.13. The first-order chi connectivity index (χ1) is 14.0. The number of rotatable bonds is 7. The number of nitrogens with one attached hydrogen (secondary N) is 2.